The van der Waals surface area contributed by atoms with Crippen molar-refractivity contribution in [2.75, 3.05) is 41.8 Å². The number of hydrogen-bond acceptors (Lipinski definition) is 6. The fourth-order valence-corrected chi connectivity index (χ4v) is 3.56. The molecule has 3 N–H and O–H groups in total. The second kappa shape index (κ2) is 8.04. The maximum Gasteiger partial charge on any atom is 0.258 e. The van der Waals surface area contributed by atoms with E-state index in [-0.39, 0.29) is 23.7 Å². The highest BCUT2D eigenvalue weighted by Gasteiger charge is 2.35. The first-order chi connectivity index (χ1) is 14.0. The molecule has 0 aliphatic carbocycles. The largest absolute Gasteiger partial charge is 0.378 e. The standard InChI is InChI=1S/C20H23N5O4/c1-2-12-3-5-13(6-4-12)21-18(27)14-11-15(26)22-17-16(14)19(28)24-20(23-17)25-7-9-29-10-8-25/h3-6,14H,2,7-11H2,1H3,(H,21,27)(H2,22,23,24,26,28)/t14-/m0/s1. The third-order valence-electron chi connectivity index (χ3n) is 5.20. The number of hydrogen-bond donors (Lipinski definition) is 3. The predicted octanol–water partition coefficient (Wildman–Crippen LogP) is 1.23. The molecule has 1 fully saturated rings. The van der Waals surface area contributed by atoms with Crippen LogP contribution in [0.5, 0.6) is 0 Å². The van der Waals surface area contributed by atoms with E-state index in [1.54, 1.807) is 0 Å². The summed E-state index contributed by atoms with van der Waals surface area (Å²) >= 11 is 0. The molecule has 0 saturated carbocycles. The molecule has 0 spiro atoms. The Labute approximate surface area is 167 Å². The van der Waals surface area contributed by atoms with Gasteiger partial charge in [-0.3, -0.25) is 19.4 Å². The molecule has 29 heavy (non-hydrogen) atoms. The van der Waals surface area contributed by atoms with Gasteiger partial charge in [-0.2, -0.15) is 4.98 Å². The van der Waals surface area contributed by atoms with Crippen molar-refractivity contribution in [2.24, 2.45) is 0 Å². The topological polar surface area (TPSA) is 116 Å². The number of aromatic nitrogens is 2. The number of carbonyl (C=O) groups excluding carboxylic acids is 2. The van der Waals surface area contributed by atoms with Crippen molar-refractivity contribution >= 4 is 29.3 Å². The molecule has 1 saturated heterocycles. The summed E-state index contributed by atoms with van der Waals surface area (Å²) in [6, 6.07) is 7.48. The number of morpholine rings is 1. The number of benzene rings is 1. The monoisotopic (exact) mass is 397 g/mol. The molecule has 4 rings (SSSR count). The number of nitrogens with one attached hydrogen (secondary N) is 3. The number of carbonyl (C=O) groups is 2. The van der Waals surface area contributed by atoms with Gasteiger partial charge in [-0.05, 0) is 24.1 Å². The smallest absolute Gasteiger partial charge is 0.258 e. The van der Waals surface area contributed by atoms with Crippen molar-refractivity contribution in [1.82, 2.24) is 9.97 Å². The molecule has 2 aliphatic heterocycles. The quantitative estimate of drug-likeness (QED) is 0.715. The molecule has 1 aromatic carbocycles. The number of rotatable bonds is 4. The average molecular weight is 397 g/mol. The summed E-state index contributed by atoms with van der Waals surface area (Å²) in [5.74, 6) is -1.14. The van der Waals surface area contributed by atoms with Crippen molar-refractivity contribution in [3.63, 3.8) is 0 Å². The normalized spacial score (nSPS) is 18.7. The van der Waals surface area contributed by atoms with E-state index in [1.165, 1.54) is 0 Å². The number of ether oxygens (including phenoxy) is 1. The van der Waals surface area contributed by atoms with Gasteiger partial charge in [0.2, 0.25) is 17.8 Å². The molecule has 1 atom stereocenters. The lowest BCUT2D eigenvalue weighted by Gasteiger charge is -2.29. The van der Waals surface area contributed by atoms with E-state index in [1.807, 2.05) is 29.2 Å². The molecule has 2 amide bonds. The summed E-state index contributed by atoms with van der Waals surface area (Å²) < 4.78 is 5.32. The predicted molar refractivity (Wildman–Crippen MR) is 108 cm³/mol. The molecule has 9 heteroatoms. The first-order valence-corrected chi connectivity index (χ1v) is 9.71. The Bertz CT molecular complexity index is 979. The molecule has 3 heterocycles. The second-order valence-corrected chi connectivity index (χ2v) is 7.10. The van der Waals surface area contributed by atoms with Crippen LogP contribution < -0.4 is 21.1 Å². The van der Waals surface area contributed by atoms with Gasteiger partial charge in [0.15, 0.2) is 0 Å². The third-order valence-corrected chi connectivity index (χ3v) is 5.20. The van der Waals surface area contributed by atoms with Crippen LogP contribution in [0.3, 0.4) is 0 Å². The fourth-order valence-electron chi connectivity index (χ4n) is 3.56. The van der Waals surface area contributed by atoms with Crippen LogP contribution in [0, 0.1) is 0 Å². The highest BCUT2D eigenvalue weighted by atomic mass is 16.5. The van der Waals surface area contributed by atoms with Gasteiger partial charge in [0, 0.05) is 25.2 Å². The molecule has 1 aromatic heterocycles. The van der Waals surface area contributed by atoms with E-state index in [9.17, 15) is 14.4 Å². The van der Waals surface area contributed by atoms with Crippen molar-refractivity contribution in [3.05, 3.63) is 45.7 Å². The van der Waals surface area contributed by atoms with E-state index in [4.69, 9.17) is 4.74 Å². The van der Waals surface area contributed by atoms with Gasteiger partial charge in [-0.15, -0.1) is 0 Å². The van der Waals surface area contributed by atoms with Crippen LogP contribution in [0.1, 0.15) is 30.4 Å². The number of aromatic amines is 1. The molecular formula is C20H23N5O4. The van der Waals surface area contributed by atoms with Crippen LogP contribution in [0.15, 0.2) is 29.1 Å². The van der Waals surface area contributed by atoms with E-state index < -0.39 is 17.4 Å². The van der Waals surface area contributed by atoms with Crippen LogP contribution >= 0.6 is 0 Å². The van der Waals surface area contributed by atoms with Crippen LogP contribution in [0.4, 0.5) is 17.5 Å². The minimum absolute atomic E-state index is 0.104. The van der Waals surface area contributed by atoms with Crippen LogP contribution in [0.25, 0.3) is 0 Å². The Kier molecular flexibility index (Phi) is 5.30. The van der Waals surface area contributed by atoms with Gasteiger partial charge < -0.3 is 20.3 Å². The average Bonchev–Trinajstić information content (AvgIpc) is 2.74. The van der Waals surface area contributed by atoms with Gasteiger partial charge in [0.05, 0.1) is 24.7 Å². The Hall–Kier alpha value is -3.20. The van der Waals surface area contributed by atoms with Crippen LogP contribution in [0.2, 0.25) is 0 Å². The third kappa shape index (κ3) is 4.00. The zero-order valence-corrected chi connectivity index (χ0v) is 16.2. The lowest BCUT2D eigenvalue weighted by Crippen LogP contribution is -2.41. The SMILES string of the molecule is CCc1ccc(NC(=O)[C@H]2CC(=O)Nc3nc(N4CCOCC4)[nH]c(=O)c32)cc1. The molecule has 0 unspecified atom stereocenters. The van der Waals surface area contributed by atoms with Gasteiger partial charge in [-0.25, -0.2) is 0 Å². The van der Waals surface area contributed by atoms with Crippen molar-refractivity contribution in [2.45, 2.75) is 25.7 Å². The van der Waals surface area contributed by atoms with Gasteiger partial charge >= 0.3 is 0 Å². The zero-order valence-electron chi connectivity index (χ0n) is 16.2. The minimum Gasteiger partial charge on any atom is -0.378 e. The minimum atomic E-state index is -0.903. The van der Waals surface area contributed by atoms with Crippen molar-refractivity contribution in [3.8, 4) is 0 Å². The van der Waals surface area contributed by atoms with Gasteiger partial charge in [-0.1, -0.05) is 19.1 Å². The summed E-state index contributed by atoms with van der Waals surface area (Å²) in [6.07, 6.45) is 0.796. The lowest BCUT2D eigenvalue weighted by atomic mass is 9.92. The van der Waals surface area contributed by atoms with E-state index in [2.05, 4.69) is 27.5 Å². The summed E-state index contributed by atoms with van der Waals surface area (Å²) in [5.41, 5.74) is 1.54. The lowest BCUT2D eigenvalue weighted by molar-refractivity contribution is -0.123. The summed E-state index contributed by atoms with van der Waals surface area (Å²) in [7, 11) is 0. The van der Waals surface area contributed by atoms with Gasteiger partial charge in [0.25, 0.3) is 5.56 Å². The number of amides is 2. The van der Waals surface area contributed by atoms with Crippen LogP contribution in [-0.2, 0) is 20.7 Å². The highest BCUT2D eigenvalue weighted by Crippen LogP contribution is 2.30. The second-order valence-electron chi connectivity index (χ2n) is 7.10. The summed E-state index contributed by atoms with van der Waals surface area (Å²) in [6.45, 7) is 4.31. The van der Waals surface area contributed by atoms with E-state index in [0.717, 1.165) is 12.0 Å². The first kappa shape index (κ1) is 19.1. The zero-order chi connectivity index (χ0) is 20.4. The van der Waals surface area contributed by atoms with Crippen LogP contribution in [-0.4, -0.2) is 48.1 Å². The Morgan fingerprint density at radius 2 is 1.97 bits per heavy atom. The van der Waals surface area contributed by atoms with Crippen molar-refractivity contribution in [1.29, 1.82) is 0 Å². The molecule has 0 radical (unpaired) electrons. The van der Waals surface area contributed by atoms with E-state index >= 15 is 0 Å². The number of aryl methyl sites for hydroxylation is 1. The molecule has 152 valence electrons. The number of H-pyrrole nitrogens is 1. The Morgan fingerprint density at radius 3 is 2.66 bits per heavy atom. The maximum absolute atomic E-state index is 12.9. The first-order valence-electron chi connectivity index (χ1n) is 9.71. The molecular weight excluding hydrogens is 374 g/mol. The Morgan fingerprint density at radius 1 is 1.24 bits per heavy atom. The molecule has 0 bridgehead atoms. The number of anilines is 3. The van der Waals surface area contributed by atoms with Gasteiger partial charge in [0.1, 0.15) is 5.82 Å². The maximum atomic E-state index is 12.9. The van der Waals surface area contributed by atoms with E-state index in [0.29, 0.717) is 37.9 Å². The van der Waals surface area contributed by atoms with Crippen molar-refractivity contribution < 1.29 is 14.3 Å². The molecule has 2 aliphatic rings. The Balaban J connectivity index is 1.61. The summed E-state index contributed by atoms with van der Waals surface area (Å²) in [5, 5.41) is 5.44. The molecule has 2 aromatic rings. The number of nitrogens with zero attached hydrogens (tertiary/aromatic N) is 2. The molecule has 9 nitrogen and oxygen atoms in total. The highest BCUT2D eigenvalue weighted by molar-refractivity contribution is 6.04. The fraction of sp³-hybridized carbons (Fsp3) is 0.400. The number of fused-ring (bicyclic) bond motifs is 1. The summed E-state index contributed by atoms with van der Waals surface area (Å²) in [4.78, 5) is 46.9.